The van der Waals surface area contributed by atoms with Gasteiger partial charge in [0, 0.05) is 5.56 Å². The van der Waals surface area contributed by atoms with E-state index >= 15 is 0 Å². The standard InChI is InChI=1S/C19H16IN5O2/c1-26-15-8-12(16-13(9-21)18(22)25-19(23)24-16)7-14(20)17(15)27-10-11-5-3-2-4-6-11/h2-8H,10H2,1H3,(H4,22,23,24,25). The van der Waals surface area contributed by atoms with Gasteiger partial charge < -0.3 is 20.9 Å². The first-order chi connectivity index (χ1) is 13.0. The molecule has 0 saturated carbocycles. The van der Waals surface area contributed by atoms with Crippen LogP contribution in [0.5, 0.6) is 11.5 Å². The van der Waals surface area contributed by atoms with Crippen molar-refractivity contribution in [1.29, 1.82) is 5.26 Å². The van der Waals surface area contributed by atoms with Gasteiger partial charge in [0.25, 0.3) is 0 Å². The lowest BCUT2D eigenvalue weighted by Gasteiger charge is -2.15. The first-order valence-corrected chi connectivity index (χ1v) is 8.99. The van der Waals surface area contributed by atoms with Gasteiger partial charge in [0.05, 0.1) is 16.4 Å². The highest BCUT2D eigenvalue weighted by atomic mass is 127. The van der Waals surface area contributed by atoms with E-state index in [2.05, 4.69) is 32.6 Å². The monoisotopic (exact) mass is 473 g/mol. The van der Waals surface area contributed by atoms with Gasteiger partial charge in [-0.25, -0.2) is 4.98 Å². The zero-order valence-corrected chi connectivity index (χ0v) is 16.6. The molecule has 3 rings (SSSR count). The van der Waals surface area contributed by atoms with Gasteiger partial charge >= 0.3 is 0 Å². The van der Waals surface area contributed by atoms with Crippen molar-refractivity contribution < 1.29 is 9.47 Å². The molecule has 0 aliphatic rings. The predicted octanol–water partition coefficient (Wildman–Crippen LogP) is 3.37. The van der Waals surface area contributed by atoms with Gasteiger partial charge in [0.15, 0.2) is 11.5 Å². The van der Waals surface area contributed by atoms with Crippen LogP contribution in [-0.2, 0) is 6.61 Å². The average molecular weight is 473 g/mol. The van der Waals surface area contributed by atoms with Gasteiger partial charge in [-0.05, 0) is 40.3 Å². The van der Waals surface area contributed by atoms with Crippen molar-refractivity contribution >= 4 is 34.4 Å². The van der Waals surface area contributed by atoms with Crippen molar-refractivity contribution in [1.82, 2.24) is 9.97 Å². The summed E-state index contributed by atoms with van der Waals surface area (Å²) in [6.45, 7) is 0.406. The highest BCUT2D eigenvalue weighted by Gasteiger charge is 2.18. The molecule has 0 bridgehead atoms. The minimum absolute atomic E-state index is 0.000112. The number of nitrogens with two attached hydrogens (primary N) is 2. The molecular weight excluding hydrogens is 457 g/mol. The summed E-state index contributed by atoms with van der Waals surface area (Å²) in [4.78, 5) is 8.02. The molecule has 0 radical (unpaired) electrons. The molecule has 0 spiro atoms. The normalized spacial score (nSPS) is 10.3. The zero-order chi connectivity index (χ0) is 19.4. The molecule has 1 heterocycles. The lowest BCUT2D eigenvalue weighted by Crippen LogP contribution is -2.05. The fraction of sp³-hybridized carbons (Fsp3) is 0.105. The summed E-state index contributed by atoms with van der Waals surface area (Å²) in [5.74, 6) is 1.17. The largest absolute Gasteiger partial charge is 0.493 e. The van der Waals surface area contributed by atoms with Crippen LogP contribution in [0.25, 0.3) is 11.3 Å². The number of methoxy groups -OCH3 is 1. The summed E-state index contributed by atoms with van der Waals surface area (Å²) in [5.41, 5.74) is 13.7. The van der Waals surface area contributed by atoms with Crippen LogP contribution < -0.4 is 20.9 Å². The van der Waals surface area contributed by atoms with E-state index in [0.717, 1.165) is 9.13 Å². The van der Waals surface area contributed by atoms with E-state index in [1.165, 1.54) is 0 Å². The molecule has 2 aromatic carbocycles. The molecule has 7 nitrogen and oxygen atoms in total. The van der Waals surface area contributed by atoms with Crippen molar-refractivity contribution in [3.63, 3.8) is 0 Å². The maximum atomic E-state index is 9.40. The highest BCUT2D eigenvalue weighted by molar-refractivity contribution is 14.1. The summed E-state index contributed by atoms with van der Waals surface area (Å²) < 4.78 is 12.3. The van der Waals surface area contributed by atoms with Gasteiger partial charge in [0.1, 0.15) is 24.1 Å². The van der Waals surface area contributed by atoms with Crippen LogP contribution in [0, 0.1) is 14.9 Å². The Morgan fingerprint density at radius 3 is 2.56 bits per heavy atom. The van der Waals surface area contributed by atoms with Crippen molar-refractivity contribution in [2.75, 3.05) is 18.6 Å². The summed E-state index contributed by atoms with van der Waals surface area (Å²) in [6.07, 6.45) is 0. The van der Waals surface area contributed by atoms with Gasteiger partial charge in [-0.3, -0.25) is 0 Å². The topological polar surface area (TPSA) is 120 Å². The van der Waals surface area contributed by atoms with Crippen LogP contribution >= 0.6 is 22.6 Å². The zero-order valence-electron chi connectivity index (χ0n) is 14.4. The molecule has 0 amide bonds. The molecule has 0 saturated heterocycles. The predicted molar refractivity (Wildman–Crippen MR) is 111 cm³/mol. The summed E-state index contributed by atoms with van der Waals surface area (Å²) >= 11 is 2.15. The minimum Gasteiger partial charge on any atom is -0.493 e. The third-order valence-corrected chi connectivity index (χ3v) is 4.60. The van der Waals surface area contributed by atoms with E-state index in [1.54, 1.807) is 13.2 Å². The van der Waals surface area contributed by atoms with Gasteiger partial charge in [-0.2, -0.15) is 10.2 Å². The van der Waals surface area contributed by atoms with Gasteiger partial charge in [-0.15, -0.1) is 0 Å². The first kappa shape index (κ1) is 18.7. The SMILES string of the molecule is COc1cc(-c2nc(N)nc(N)c2C#N)cc(I)c1OCc1ccccc1. The maximum absolute atomic E-state index is 9.40. The third kappa shape index (κ3) is 4.03. The molecule has 27 heavy (non-hydrogen) atoms. The molecule has 0 aliphatic carbocycles. The van der Waals surface area contributed by atoms with Crippen LogP contribution in [0.3, 0.4) is 0 Å². The van der Waals surface area contributed by atoms with E-state index in [-0.39, 0.29) is 17.3 Å². The smallest absolute Gasteiger partial charge is 0.222 e. The molecule has 0 aliphatic heterocycles. The Bertz CT molecular complexity index is 1020. The highest BCUT2D eigenvalue weighted by Crippen LogP contribution is 2.38. The minimum atomic E-state index is -0.000112. The number of benzene rings is 2. The van der Waals surface area contributed by atoms with E-state index in [0.29, 0.717) is 29.4 Å². The third-order valence-electron chi connectivity index (χ3n) is 3.79. The van der Waals surface area contributed by atoms with Crippen LogP contribution in [0.4, 0.5) is 11.8 Å². The number of nitrogen functional groups attached to an aromatic ring is 2. The molecule has 8 heteroatoms. The number of aromatic nitrogens is 2. The number of halogens is 1. The Kier molecular flexibility index (Phi) is 5.61. The number of rotatable bonds is 5. The summed E-state index contributed by atoms with van der Waals surface area (Å²) in [7, 11) is 1.55. The Morgan fingerprint density at radius 2 is 1.89 bits per heavy atom. The quantitative estimate of drug-likeness (QED) is 0.546. The lowest BCUT2D eigenvalue weighted by molar-refractivity contribution is 0.282. The van der Waals surface area contributed by atoms with Crippen molar-refractivity contribution in [3.8, 4) is 28.8 Å². The molecule has 0 atom stereocenters. The molecule has 4 N–H and O–H groups in total. The van der Waals surface area contributed by atoms with E-state index < -0.39 is 0 Å². The number of hydrogen-bond acceptors (Lipinski definition) is 7. The molecule has 3 aromatic rings. The van der Waals surface area contributed by atoms with Crippen molar-refractivity contribution in [2.24, 2.45) is 0 Å². The summed E-state index contributed by atoms with van der Waals surface area (Å²) in [6, 6.07) is 15.4. The van der Waals surface area contributed by atoms with Gasteiger partial charge in [0.2, 0.25) is 5.95 Å². The number of hydrogen-bond donors (Lipinski definition) is 2. The molecule has 1 aromatic heterocycles. The maximum Gasteiger partial charge on any atom is 0.222 e. The Hall–Kier alpha value is -3.06. The Balaban J connectivity index is 2.01. The fourth-order valence-corrected chi connectivity index (χ4v) is 3.30. The summed E-state index contributed by atoms with van der Waals surface area (Å²) in [5, 5.41) is 9.40. The second-order valence-corrected chi connectivity index (χ2v) is 6.73. The van der Waals surface area contributed by atoms with Gasteiger partial charge in [-0.1, -0.05) is 30.3 Å². The second-order valence-electron chi connectivity index (χ2n) is 5.57. The number of nitrogens with zero attached hydrogens (tertiary/aromatic N) is 3. The lowest BCUT2D eigenvalue weighted by atomic mass is 10.1. The average Bonchev–Trinajstić information content (AvgIpc) is 2.66. The molecular formula is C19H16IN5O2. The van der Waals surface area contributed by atoms with E-state index in [4.69, 9.17) is 20.9 Å². The van der Waals surface area contributed by atoms with Crippen molar-refractivity contribution in [3.05, 3.63) is 57.2 Å². The Morgan fingerprint density at radius 1 is 1.15 bits per heavy atom. The van der Waals surface area contributed by atoms with Crippen LogP contribution in [0.2, 0.25) is 0 Å². The van der Waals surface area contributed by atoms with Crippen LogP contribution in [-0.4, -0.2) is 17.1 Å². The number of nitriles is 1. The first-order valence-electron chi connectivity index (χ1n) is 7.91. The number of ether oxygens (including phenoxy) is 2. The van der Waals surface area contributed by atoms with Crippen molar-refractivity contribution in [2.45, 2.75) is 6.61 Å². The van der Waals surface area contributed by atoms with E-state index in [1.807, 2.05) is 42.5 Å². The second kappa shape index (κ2) is 8.09. The molecule has 136 valence electrons. The molecule has 0 fully saturated rings. The van der Waals surface area contributed by atoms with Crippen LogP contribution in [0.15, 0.2) is 42.5 Å². The van der Waals surface area contributed by atoms with Crippen LogP contribution in [0.1, 0.15) is 11.1 Å². The molecule has 0 unspecified atom stereocenters. The Labute approximate surface area is 170 Å². The number of anilines is 2. The fourth-order valence-electron chi connectivity index (χ4n) is 2.54. The van der Waals surface area contributed by atoms with E-state index in [9.17, 15) is 5.26 Å².